The standard InChI is InChI=1S/C23H30ClN3O4S/c1-17(2)25-23(29)18(3)26(15-14-19-10-6-5-7-11-19)22(28)16-27(32(4,30)31)21-13-9-8-12-20(21)24/h5-13,17-18H,14-16H2,1-4H3,(H,25,29). The molecule has 1 atom stereocenters. The summed E-state index contributed by atoms with van der Waals surface area (Å²) in [7, 11) is -3.80. The highest BCUT2D eigenvalue weighted by atomic mass is 35.5. The maximum Gasteiger partial charge on any atom is 0.244 e. The fourth-order valence-electron chi connectivity index (χ4n) is 3.22. The van der Waals surface area contributed by atoms with Crippen molar-refractivity contribution in [3.8, 4) is 0 Å². The van der Waals surface area contributed by atoms with Gasteiger partial charge in [0.1, 0.15) is 12.6 Å². The van der Waals surface area contributed by atoms with Crippen LogP contribution in [0.4, 0.5) is 5.69 Å². The van der Waals surface area contributed by atoms with Crippen molar-refractivity contribution in [2.24, 2.45) is 0 Å². The summed E-state index contributed by atoms with van der Waals surface area (Å²) in [5, 5.41) is 3.03. The van der Waals surface area contributed by atoms with E-state index in [2.05, 4.69) is 5.32 Å². The number of nitrogens with zero attached hydrogens (tertiary/aromatic N) is 2. The predicted molar refractivity (Wildman–Crippen MR) is 128 cm³/mol. The Bertz CT molecular complexity index is 1030. The van der Waals surface area contributed by atoms with Gasteiger partial charge in [-0.15, -0.1) is 0 Å². The second-order valence-corrected chi connectivity index (χ2v) is 10.2. The van der Waals surface area contributed by atoms with E-state index < -0.39 is 28.5 Å². The lowest BCUT2D eigenvalue weighted by atomic mass is 10.1. The highest BCUT2D eigenvalue weighted by Crippen LogP contribution is 2.27. The molecule has 0 fully saturated rings. The molecule has 0 heterocycles. The molecule has 1 unspecified atom stereocenters. The second-order valence-electron chi connectivity index (χ2n) is 7.88. The van der Waals surface area contributed by atoms with Gasteiger partial charge < -0.3 is 10.2 Å². The number of sulfonamides is 1. The third-order valence-corrected chi connectivity index (χ3v) is 6.33. The molecule has 0 radical (unpaired) electrons. The summed E-state index contributed by atoms with van der Waals surface area (Å²) >= 11 is 6.20. The lowest BCUT2D eigenvalue weighted by molar-refractivity contribution is -0.139. The zero-order chi connectivity index (χ0) is 23.9. The van der Waals surface area contributed by atoms with Crippen molar-refractivity contribution in [3.05, 3.63) is 65.2 Å². The Kier molecular flexibility index (Phi) is 9.09. The van der Waals surface area contributed by atoms with Crippen LogP contribution in [-0.4, -0.2) is 56.6 Å². The number of hydrogen-bond acceptors (Lipinski definition) is 4. The predicted octanol–water partition coefficient (Wildman–Crippen LogP) is 3.09. The van der Waals surface area contributed by atoms with Gasteiger partial charge in [0, 0.05) is 12.6 Å². The maximum absolute atomic E-state index is 13.3. The van der Waals surface area contributed by atoms with E-state index >= 15 is 0 Å². The molecule has 9 heteroatoms. The average Bonchev–Trinajstić information content (AvgIpc) is 2.72. The van der Waals surface area contributed by atoms with Crippen molar-refractivity contribution in [1.82, 2.24) is 10.2 Å². The van der Waals surface area contributed by atoms with Crippen LogP contribution in [0.25, 0.3) is 0 Å². The summed E-state index contributed by atoms with van der Waals surface area (Å²) < 4.78 is 25.9. The molecule has 7 nitrogen and oxygen atoms in total. The van der Waals surface area contributed by atoms with Gasteiger partial charge in [-0.1, -0.05) is 54.1 Å². The Balaban J connectivity index is 2.32. The van der Waals surface area contributed by atoms with Gasteiger partial charge in [-0.25, -0.2) is 8.42 Å². The largest absolute Gasteiger partial charge is 0.352 e. The van der Waals surface area contributed by atoms with E-state index in [4.69, 9.17) is 11.6 Å². The molecular weight excluding hydrogens is 450 g/mol. The first-order chi connectivity index (χ1) is 15.0. The monoisotopic (exact) mass is 479 g/mol. The molecule has 2 aromatic rings. The topological polar surface area (TPSA) is 86.8 Å². The third-order valence-electron chi connectivity index (χ3n) is 4.88. The molecule has 2 aromatic carbocycles. The van der Waals surface area contributed by atoms with E-state index in [0.717, 1.165) is 16.1 Å². The van der Waals surface area contributed by atoms with Crippen LogP contribution in [0.2, 0.25) is 5.02 Å². The SMILES string of the molecule is CC(C)NC(=O)C(C)N(CCc1ccccc1)C(=O)CN(c1ccccc1Cl)S(C)(=O)=O. The molecule has 0 bridgehead atoms. The second kappa shape index (κ2) is 11.3. The zero-order valence-electron chi connectivity index (χ0n) is 18.8. The normalized spacial score (nSPS) is 12.3. The van der Waals surface area contributed by atoms with Gasteiger partial charge in [-0.2, -0.15) is 0 Å². The molecule has 2 rings (SSSR count). The number of halogens is 1. The van der Waals surface area contributed by atoms with E-state index in [1.54, 1.807) is 31.2 Å². The van der Waals surface area contributed by atoms with Crippen molar-refractivity contribution in [2.75, 3.05) is 23.7 Å². The summed E-state index contributed by atoms with van der Waals surface area (Å²) in [6.45, 7) is 5.11. The number of carbonyl (C=O) groups is 2. The van der Waals surface area contributed by atoms with Crippen LogP contribution >= 0.6 is 11.6 Å². The number of rotatable bonds is 10. The lowest BCUT2D eigenvalue weighted by Gasteiger charge is -2.32. The number of nitrogens with one attached hydrogen (secondary N) is 1. The van der Waals surface area contributed by atoms with Gasteiger partial charge >= 0.3 is 0 Å². The summed E-state index contributed by atoms with van der Waals surface area (Å²) in [5.74, 6) is -0.789. The van der Waals surface area contributed by atoms with Crippen molar-refractivity contribution in [2.45, 2.75) is 39.3 Å². The first-order valence-electron chi connectivity index (χ1n) is 10.4. The number of hydrogen-bond donors (Lipinski definition) is 1. The van der Waals surface area contributed by atoms with E-state index in [9.17, 15) is 18.0 Å². The molecule has 0 aliphatic rings. The molecule has 2 amide bonds. The summed E-state index contributed by atoms with van der Waals surface area (Å²) in [6.07, 6.45) is 1.55. The van der Waals surface area contributed by atoms with Crippen LogP contribution in [0, 0.1) is 0 Å². The molecule has 174 valence electrons. The minimum absolute atomic E-state index is 0.0910. The summed E-state index contributed by atoms with van der Waals surface area (Å²) in [4.78, 5) is 27.4. The Hall–Kier alpha value is -2.58. The van der Waals surface area contributed by atoms with E-state index in [1.165, 1.54) is 4.90 Å². The third kappa shape index (κ3) is 7.24. The molecule has 0 saturated heterocycles. The number of benzene rings is 2. The molecule has 0 saturated carbocycles. The van der Waals surface area contributed by atoms with Crippen LogP contribution in [0.15, 0.2) is 54.6 Å². The zero-order valence-corrected chi connectivity index (χ0v) is 20.4. The first kappa shape index (κ1) is 25.7. The molecular formula is C23H30ClN3O4S. The fourth-order valence-corrected chi connectivity index (χ4v) is 4.37. The van der Waals surface area contributed by atoms with E-state index in [1.807, 2.05) is 44.2 Å². The van der Waals surface area contributed by atoms with Gasteiger partial charge in [-0.05, 0) is 44.9 Å². The van der Waals surface area contributed by atoms with Gasteiger partial charge in [0.05, 0.1) is 17.0 Å². The van der Waals surface area contributed by atoms with Crippen LogP contribution in [-0.2, 0) is 26.0 Å². The van der Waals surface area contributed by atoms with Crippen molar-refractivity contribution in [1.29, 1.82) is 0 Å². The van der Waals surface area contributed by atoms with E-state index in [0.29, 0.717) is 6.42 Å². The van der Waals surface area contributed by atoms with Gasteiger partial charge in [0.2, 0.25) is 21.8 Å². The quantitative estimate of drug-likeness (QED) is 0.567. The first-order valence-corrected chi connectivity index (χ1v) is 12.6. The Morgan fingerprint density at radius 1 is 1.00 bits per heavy atom. The molecule has 0 spiro atoms. The summed E-state index contributed by atoms with van der Waals surface area (Å²) in [5.41, 5.74) is 1.22. The smallest absolute Gasteiger partial charge is 0.244 e. The minimum atomic E-state index is -3.80. The van der Waals surface area contributed by atoms with Crippen LogP contribution in [0.3, 0.4) is 0 Å². The maximum atomic E-state index is 13.3. The minimum Gasteiger partial charge on any atom is -0.352 e. The highest BCUT2D eigenvalue weighted by Gasteiger charge is 2.30. The van der Waals surface area contributed by atoms with Crippen molar-refractivity contribution >= 4 is 39.1 Å². The summed E-state index contributed by atoms with van der Waals surface area (Å²) in [6, 6.07) is 15.1. The van der Waals surface area contributed by atoms with Crippen LogP contribution < -0.4 is 9.62 Å². The molecule has 0 aliphatic carbocycles. The number of carbonyl (C=O) groups excluding carboxylic acids is 2. The average molecular weight is 480 g/mol. The molecule has 1 N–H and O–H groups in total. The number of anilines is 1. The molecule has 0 aromatic heterocycles. The van der Waals surface area contributed by atoms with Gasteiger partial charge in [0.15, 0.2) is 0 Å². The van der Waals surface area contributed by atoms with Gasteiger partial charge in [-0.3, -0.25) is 13.9 Å². The van der Waals surface area contributed by atoms with Crippen molar-refractivity contribution in [3.63, 3.8) is 0 Å². The fraction of sp³-hybridized carbons (Fsp3) is 0.391. The Labute approximate surface area is 195 Å². The Morgan fingerprint density at radius 3 is 2.16 bits per heavy atom. The molecule has 32 heavy (non-hydrogen) atoms. The lowest BCUT2D eigenvalue weighted by Crippen LogP contribution is -2.53. The number of para-hydroxylation sites is 1. The van der Waals surface area contributed by atoms with Gasteiger partial charge in [0.25, 0.3) is 0 Å². The van der Waals surface area contributed by atoms with Crippen LogP contribution in [0.1, 0.15) is 26.3 Å². The molecule has 0 aliphatic heterocycles. The van der Waals surface area contributed by atoms with E-state index in [-0.39, 0.29) is 29.2 Å². The van der Waals surface area contributed by atoms with Crippen molar-refractivity contribution < 1.29 is 18.0 Å². The number of amides is 2. The Morgan fingerprint density at radius 2 is 1.59 bits per heavy atom. The van der Waals surface area contributed by atoms with Crippen LogP contribution in [0.5, 0.6) is 0 Å². The highest BCUT2D eigenvalue weighted by molar-refractivity contribution is 7.92.